The minimum absolute atomic E-state index is 0.00459. The smallest absolute Gasteiger partial charge is 0.303 e. The van der Waals surface area contributed by atoms with Gasteiger partial charge in [0.1, 0.15) is 5.82 Å². The molecule has 1 rings (SSSR count). The summed E-state index contributed by atoms with van der Waals surface area (Å²) < 4.78 is 13.0. The van der Waals surface area contributed by atoms with Gasteiger partial charge < -0.3 is 10.4 Å². The van der Waals surface area contributed by atoms with Crippen LogP contribution in [0.4, 0.5) is 4.39 Å². The van der Waals surface area contributed by atoms with Crippen molar-refractivity contribution in [1.29, 1.82) is 0 Å². The summed E-state index contributed by atoms with van der Waals surface area (Å²) in [5.74, 6) is -0.987. The second kappa shape index (κ2) is 7.39. The molecule has 20 heavy (non-hydrogen) atoms. The molecule has 4 heteroatoms. The standard InChI is InChI=1S/C16H24FNO2/c1-16(2,3)15(12-7-9-13(17)10-8-12)18-11-5-4-6-14(19)20/h7-10,15,18H,4-6,11H2,1-3H3,(H,19,20). The SMILES string of the molecule is CC(C)(C)C(NCCCCC(=O)O)c1ccc(F)cc1. The zero-order valence-corrected chi connectivity index (χ0v) is 12.4. The Morgan fingerprint density at radius 3 is 2.35 bits per heavy atom. The van der Waals surface area contributed by atoms with Crippen molar-refractivity contribution in [1.82, 2.24) is 5.32 Å². The zero-order valence-electron chi connectivity index (χ0n) is 12.4. The van der Waals surface area contributed by atoms with E-state index in [2.05, 4.69) is 26.1 Å². The minimum atomic E-state index is -0.754. The molecule has 0 heterocycles. The average molecular weight is 281 g/mol. The highest BCUT2D eigenvalue weighted by Gasteiger charge is 2.25. The predicted molar refractivity (Wildman–Crippen MR) is 78.1 cm³/mol. The van der Waals surface area contributed by atoms with Crippen molar-refractivity contribution in [2.75, 3.05) is 6.54 Å². The molecule has 1 unspecified atom stereocenters. The molecule has 1 atom stereocenters. The normalized spacial score (nSPS) is 13.2. The molecule has 0 saturated carbocycles. The highest BCUT2D eigenvalue weighted by Crippen LogP contribution is 2.32. The number of rotatable bonds is 7. The van der Waals surface area contributed by atoms with Crippen LogP contribution in [0.15, 0.2) is 24.3 Å². The monoisotopic (exact) mass is 281 g/mol. The Balaban J connectivity index is 2.58. The number of carboxylic acid groups (broad SMARTS) is 1. The molecule has 0 spiro atoms. The predicted octanol–water partition coefficient (Wildman–Crippen LogP) is 3.76. The van der Waals surface area contributed by atoms with E-state index in [4.69, 9.17) is 5.11 Å². The summed E-state index contributed by atoms with van der Waals surface area (Å²) in [6.45, 7) is 7.15. The molecule has 1 aromatic rings. The molecule has 0 saturated heterocycles. The number of carboxylic acids is 1. The molecule has 0 aliphatic rings. The van der Waals surface area contributed by atoms with Gasteiger partial charge in [0.2, 0.25) is 0 Å². The van der Waals surface area contributed by atoms with Crippen molar-refractivity contribution in [3.63, 3.8) is 0 Å². The summed E-state index contributed by atoms with van der Waals surface area (Å²) in [7, 11) is 0. The number of hydrogen-bond donors (Lipinski definition) is 2. The molecule has 112 valence electrons. The number of aliphatic carboxylic acids is 1. The third-order valence-corrected chi connectivity index (χ3v) is 3.24. The number of benzene rings is 1. The number of carbonyl (C=O) groups is 1. The lowest BCUT2D eigenvalue weighted by Gasteiger charge is -2.32. The maximum atomic E-state index is 13.0. The van der Waals surface area contributed by atoms with Crippen molar-refractivity contribution in [2.24, 2.45) is 5.41 Å². The van der Waals surface area contributed by atoms with Crippen LogP contribution in [0, 0.1) is 11.2 Å². The maximum Gasteiger partial charge on any atom is 0.303 e. The van der Waals surface area contributed by atoms with Crippen LogP contribution in [-0.4, -0.2) is 17.6 Å². The second-order valence-corrected chi connectivity index (χ2v) is 6.16. The van der Waals surface area contributed by atoms with Crippen LogP contribution in [0.25, 0.3) is 0 Å². The lowest BCUT2D eigenvalue weighted by atomic mass is 9.82. The van der Waals surface area contributed by atoms with Crippen LogP contribution in [0.2, 0.25) is 0 Å². The highest BCUT2D eigenvalue weighted by molar-refractivity contribution is 5.66. The molecule has 2 N–H and O–H groups in total. The largest absolute Gasteiger partial charge is 0.481 e. The molecule has 0 aromatic heterocycles. The molecule has 0 bridgehead atoms. The summed E-state index contributed by atoms with van der Waals surface area (Å²) in [6.07, 6.45) is 1.70. The number of unbranched alkanes of at least 4 members (excludes halogenated alkanes) is 1. The number of nitrogens with one attached hydrogen (secondary N) is 1. The molecular formula is C16H24FNO2. The van der Waals surface area contributed by atoms with E-state index >= 15 is 0 Å². The lowest BCUT2D eigenvalue weighted by molar-refractivity contribution is -0.137. The van der Waals surface area contributed by atoms with Gasteiger partial charge in [-0.3, -0.25) is 4.79 Å². The van der Waals surface area contributed by atoms with E-state index in [0.717, 1.165) is 18.5 Å². The highest BCUT2D eigenvalue weighted by atomic mass is 19.1. The van der Waals surface area contributed by atoms with Crippen molar-refractivity contribution in [3.05, 3.63) is 35.6 Å². The zero-order chi connectivity index (χ0) is 15.2. The van der Waals surface area contributed by atoms with Gasteiger partial charge in [-0.15, -0.1) is 0 Å². The van der Waals surface area contributed by atoms with Crippen LogP contribution in [0.1, 0.15) is 51.6 Å². The Morgan fingerprint density at radius 2 is 1.85 bits per heavy atom. The molecule has 0 aliphatic carbocycles. The fraction of sp³-hybridized carbons (Fsp3) is 0.562. The topological polar surface area (TPSA) is 49.3 Å². The number of hydrogen-bond acceptors (Lipinski definition) is 2. The van der Waals surface area contributed by atoms with Gasteiger partial charge in [0.15, 0.2) is 0 Å². The van der Waals surface area contributed by atoms with E-state index in [1.54, 1.807) is 12.1 Å². The Labute approximate surface area is 120 Å². The van der Waals surface area contributed by atoms with Crippen LogP contribution in [-0.2, 0) is 4.79 Å². The Bertz CT molecular complexity index is 423. The Hall–Kier alpha value is -1.42. The van der Waals surface area contributed by atoms with Crippen molar-refractivity contribution in [3.8, 4) is 0 Å². The Morgan fingerprint density at radius 1 is 1.25 bits per heavy atom. The molecule has 0 radical (unpaired) electrons. The van der Waals surface area contributed by atoms with Crippen LogP contribution >= 0.6 is 0 Å². The minimum Gasteiger partial charge on any atom is -0.481 e. The quantitative estimate of drug-likeness (QED) is 0.748. The maximum absolute atomic E-state index is 13.0. The summed E-state index contributed by atoms with van der Waals surface area (Å²) in [5, 5.41) is 12.1. The van der Waals surface area contributed by atoms with Gasteiger partial charge in [-0.25, -0.2) is 4.39 Å². The lowest BCUT2D eigenvalue weighted by Crippen LogP contribution is -2.33. The molecule has 0 amide bonds. The summed E-state index contributed by atoms with van der Waals surface area (Å²) >= 11 is 0. The van der Waals surface area contributed by atoms with E-state index in [-0.39, 0.29) is 23.7 Å². The van der Waals surface area contributed by atoms with E-state index in [1.165, 1.54) is 12.1 Å². The van der Waals surface area contributed by atoms with Crippen molar-refractivity contribution in [2.45, 2.75) is 46.1 Å². The van der Waals surface area contributed by atoms with E-state index in [1.807, 2.05) is 0 Å². The molecule has 1 aromatic carbocycles. The van der Waals surface area contributed by atoms with E-state index in [0.29, 0.717) is 6.42 Å². The molecule has 0 fully saturated rings. The fourth-order valence-electron chi connectivity index (χ4n) is 2.23. The van der Waals surface area contributed by atoms with Gasteiger partial charge >= 0.3 is 5.97 Å². The van der Waals surface area contributed by atoms with E-state index < -0.39 is 5.97 Å². The van der Waals surface area contributed by atoms with Crippen LogP contribution in [0.3, 0.4) is 0 Å². The summed E-state index contributed by atoms with van der Waals surface area (Å²) in [4.78, 5) is 10.5. The average Bonchev–Trinajstić information content (AvgIpc) is 2.33. The van der Waals surface area contributed by atoms with Crippen molar-refractivity contribution < 1.29 is 14.3 Å². The van der Waals surface area contributed by atoms with Gasteiger partial charge in [0, 0.05) is 12.5 Å². The number of halogens is 1. The first-order valence-corrected chi connectivity index (χ1v) is 7.01. The first-order valence-electron chi connectivity index (χ1n) is 7.01. The first-order chi connectivity index (χ1) is 9.30. The van der Waals surface area contributed by atoms with Crippen LogP contribution in [0.5, 0.6) is 0 Å². The van der Waals surface area contributed by atoms with Gasteiger partial charge in [-0.05, 0) is 42.5 Å². The third kappa shape index (κ3) is 5.70. The van der Waals surface area contributed by atoms with Crippen LogP contribution < -0.4 is 5.32 Å². The second-order valence-electron chi connectivity index (χ2n) is 6.16. The Kier molecular flexibility index (Phi) is 6.14. The van der Waals surface area contributed by atoms with Gasteiger partial charge in [-0.1, -0.05) is 32.9 Å². The van der Waals surface area contributed by atoms with Gasteiger partial charge in [0.05, 0.1) is 0 Å². The van der Waals surface area contributed by atoms with E-state index in [9.17, 15) is 9.18 Å². The molecule has 3 nitrogen and oxygen atoms in total. The van der Waals surface area contributed by atoms with Crippen molar-refractivity contribution >= 4 is 5.97 Å². The third-order valence-electron chi connectivity index (χ3n) is 3.24. The van der Waals surface area contributed by atoms with Gasteiger partial charge in [-0.2, -0.15) is 0 Å². The first kappa shape index (κ1) is 16.6. The summed E-state index contributed by atoms with van der Waals surface area (Å²) in [5.41, 5.74) is 1.06. The fourth-order valence-corrected chi connectivity index (χ4v) is 2.23. The summed E-state index contributed by atoms with van der Waals surface area (Å²) in [6, 6.07) is 6.67. The molecule has 0 aliphatic heterocycles. The van der Waals surface area contributed by atoms with Gasteiger partial charge in [0.25, 0.3) is 0 Å². The molecular weight excluding hydrogens is 257 g/mol.